The van der Waals surface area contributed by atoms with Crippen LogP contribution in [-0.2, 0) is 4.74 Å². The highest BCUT2D eigenvalue weighted by molar-refractivity contribution is 4.94. The molecule has 0 heterocycles. The Morgan fingerprint density at radius 2 is 1.03 bits per heavy atom. The van der Waals surface area contributed by atoms with Crippen molar-refractivity contribution in [2.24, 2.45) is 41.4 Å². The maximum Gasteiger partial charge on any atom is 0.157 e. The van der Waals surface area contributed by atoms with Gasteiger partial charge in [0.15, 0.2) is 6.17 Å². The van der Waals surface area contributed by atoms with Crippen LogP contribution < -0.4 is 0 Å². The highest BCUT2D eigenvalue weighted by Gasteiger charge is 2.45. The molecule has 0 N–H and O–H groups in total. The minimum Gasteiger partial charge on any atom is -0.375 e. The monoisotopic (exact) mass is 452 g/mol. The predicted octanol–water partition coefficient (Wildman–Crippen LogP) is 8.70. The van der Waals surface area contributed by atoms with Gasteiger partial charge in [-0.1, -0.05) is 32.6 Å². The Morgan fingerprint density at radius 1 is 0.562 bits per heavy atom. The average molecular weight is 453 g/mol. The summed E-state index contributed by atoms with van der Waals surface area (Å²) in [6.45, 7) is 4.69. The number of hydrogen-bond donors (Lipinski definition) is 0. The van der Waals surface area contributed by atoms with Gasteiger partial charge in [0, 0.05) is 6.61 Å². The van der Waals surface area contributed by atoms with Gasteiger partial charge in [0.05, 0.1) is 6.10 Å². The molecular weight excluding hydrogens is 402 g/mol. The van der Waals surface area contributed by atoms with Crippen molar-refractivity contribution >= 4 is 0 Å². The molecule has 0 aromatic carbocycles. The Kier molecular flexibility index (Phi) is 9.34. The summed E-state index contributed by atoms with van der Waals surface area (Å²) in [4.78, 5) is 0. The van der Waals surface area contributed by atoms with Crippen molar-refractivity contribution in [2.45, 2.75) is 135 Å². The second-order valence-electron chi connectivity index (χ2n) is 12.0. The van der Waals surface area contributed by atoms with Crippen molar-refractivity contribution in [3.8, 4) is 0 Å². The van der Waals surface area contributed by atoms with Crippen LogP contribution in [0, 0.1) is 41.4 Å². The van der Waals surface area contributed by atoms with Crippen LogP contribution in [0.25, 0.3) is 0 Å². The van der Waals surface area contributed by atoms with Crippen molar-refractivity contribution in [3.63, 3.8) is 0 Å². The molecule has 4 saturated carbocycles. The van der Waals surface area contributed by atoms with E-state index in [9.17, 15) is 8.78 Å². The summed E-state index contributed by atoms with van der Waals surface area (Å²) in [6, 6.07) is 0. The van der Waals surface area contributed by atoms with Crippen LogP contribution in [0.15, 0.2) is 0 Å². The van der Waals surface area contributed by atoms with E-state index in [1.54, 1.807) is 0 Å². The third-order valence-electron chi connectivity index (χ3n) is 10.4. The lowest BCUT2D eigenvalue weighted by molar-refractivity contribution is -0.0852. The SMILES string of the molecule is CCCC1CCC(C2CCC(C3CCC(C4CCC(OCC)C(F)C4F)CC3)CC2)CC1. The first-order chi connectivity index (χ1) is 15.6. The molecule has 0 spiro atoms. The third-order valence-corrected chi connectivity index (χ3v) is 10.4. The quantitative estimate of drug-likeness (QED) is 0.375. The van der Waals surface area contributed by atoms with E-state index in [1.165, 1.54) is 77.0 Å². The first-order valence-corrected chi connectivity index (χ1v) is 14.5. The lowest BCUT2D eigenvalue weighted by Crippen LogP contribution is -2.46. The standard InChI is InChI=1S/C29H50F2O/c1-3-5-20-6-8-21(9-7-20)22-10-12-23(13-11-22)24-14-16-25(17-15-24)26-18-19-27(32-4-2)29(31)28(26)30/h20-29H,3-19H2,1-2H3. The molecule has 4 atom stereocenters. The molecule has 1 nitrogen and oxygen atoms in total. The second kappa shape index (κ2) is 12.0. The largest absolute Gasteiger partial charge is 0.375 e. The summed E-state index contributed by atoms with van der Waals surface area (Å²) in [7, 11) is 0. The van der Waals surface area contributed by atoms with E-state index < -0.39 is 18.4 Å². The molecule has 0 radical (unpaired) electrons. The van der Waals surface area contributed by atoms with E-state index in [0.29, 0.717) is 18.9 Å². The van der Waals surface area contributed by atoms with E-state index in [2.05, 4.69) is 6.92 Å². The fourth-order valence-corrected chi connectivity index (χ4v) is 8.49. The Morgan fingerprint density at radius 3 is 1.50 bits per heavy atom. The summed E-state index contributed by atoms with van der Waals surface area (Å²) in [5, 5.41) is 0. The Labute approximate surface area is 196 Å². The van der Waals surface area contributed by atoms with Crippen LogP contribution >= 0.6 is 0 Å². The molecular formula is C29H50F2O. The van der Waals surface area contributed by atoms with Crippen molar-refractivity contribution < 1.29 is 13.5 Å². The Balaban J connectivity index is 1.17. The normalized spacial score (nSPS) is 46.1. The van der Waals surface area contributed by atoms with Crippen LogP contribution in [-0.4, -0.2) is 25.1 Å². The van der Waals surface area contributed by atoms with Crippen molar-refractivity contribution in [3.05, 3.63) is 0 Å². The van der Waals surface area contributed by atoms with Crippen molar-refractivity contribution in [2.75, 3.05) is 6.61 Å². The molecule has 0 aliphatic heterocycles. The maximum atomic E-state index is 14.9. The summed E-state index contributed by atoms with van der Waals surface area (Å²) >= 11 is 0. The maximum absolute atomic E-state index is 14.9. The highest BCUT2D eigenvalue weighted by Crippen LogP contribution is 2.48. The molecule has 32 heavy (non-hydrogen) atoms. The van der Waals surface area contributed by atoms with Gasteiger partial charge in [-0.2, -0.15) is 0 Å². The zero-order valence-corrected chi connectivity index (χ0v) is 21.0. The van der Waals surface area contributed by atoms with Gasteiger partial charge in [0.1, 0.15) is 6.17 Å². The van der Waals surface area contributed by atoms with Crippen LogP contribution in [0.5, 0.6) is 0 Å². The molecule has 0 bridgehead atoms. The van der Waals surface area contributed by atoms with Gasteiger partial charge in [0.2, 0.25) is 0 Å². The molecule has 4 rings (SSSR count). The zero-order chi connectivity index (χ0) is 22.5. The Bertz CT molecular complexity index is 529. The van der Waals surface area contributed by atoms with Crippen molar-refractivity contribution in [1.82, 2.24) is 0 Å². The minimum absolute atomic E-state index is 0.0683. The summed E-state index contributed by atoms with van der Waals surface area (Å²) in [5.74, 6) is 5.13. The van der Waals surface area contributed by atoms with Gasteiger partial charge in [-0.3, -0.25) is 0 Å². The molecule has 0 aromatic rings. The summed E-state index contributed by atoms with van der Waals surface area (Å²) in [6.07, 6.45) is 17.6. The molecule has 0 saturated heterocycles. The minimum atomic E-state index is -1.42. The average Bonchev–Trinajstić information content (AvgIpc) is 2.83. The summed E-state index contributed by atoms with van der Waals surface area (Å²) in [5.41, 5.74) is 0. The molecule has 4 fully saturated rings. The topological polar surface area (TPSA) is 9.23 Å². The van der Waals surface area contributed by atoms with Gasteiger partial charge in [-0.05, 0) is 125 Å². The highest BCUT2D eigenvalue weighted by atomic mass is 19.2. The fourth-order valence-electron chi connectivity index (χ4n) is 8.49. The number of ether oxygens (including phenoxy) is 1. The van der Waals surface area contributed by atoms with Crippen molar-refractivity contribution in [1.29, 1.82) is 0 Å². The van der Waals surface area contributed by atoms with Gasteiger partial charge in [0.25, 0.3) is 0 Å². The van der Waals surface area contributed by atoms with E-state index >= 15 is 0 Å². The van der Waals surface area contributed by atoms with E-state index in [1.807, 2.05) is 6.92 Å². The van der Waals surface area contributed by atoms with Gasteiger partial charge in [-0.15, -0.1) is 0 Å². The van der Waals surface area contributed by atoms with E-state index in [4.69, 9.17) is 4.74 Å². The van der Waals surface area contributed by atoms with Crippen LogP contribution in [0.4, 0.5) is 8.78 Å². The number of halogens is 2. The molecule has 0 amide bonds. The van der Waals surface area contributed by atoms with Crippen LogP contribution in [0.2, 0.25) is 0 Å². The second-order valence-corrected chi connectivity index (χ2v) is 12.0. The number of alkyl halides is 2. The first kappa shape index (κ1) is 24.9. The first-order valence-electron chi connectivity index (χ1n) is 14.5. The fraction of sp³-hybridized carbons (Fsp3) is 1.00. The Hall–Kier alpha value is -0.180. The smallest absolute Gasteiger partial charge is 0.157 e. The number of rotatable bonds is 7. The lowest BCUT2D eigenvalue weighted by atomic mass is 9.63. The summed E-state index contributed by atoms with van der Waals surface area (Å²) < 4.78 is 34.9. The predicted molar refractivity (Wildman–Crippen MR) is 129 cm³/mol. The molecule has 4 unspecified atom stereocenters. The van der Waals surface area contributed by atoms with Gasteiger partial charge >= 0.3 is 0 Å². The molecule has 186 valence electrons. The van der Waals surface area contributed by atoms with Crippen LogP contribution in [0.3, 0.4) is 0 Å². The number of hydrogen-bond acceptors (Lipinski definition) is 1. The zero-order valence-electron chi connectivity index (χ0n) is 21.0. The van der Waals surface area contributed by atoms with Gasteiger partial charge in [-0.25, -0.2) is 8.78 Å². The van der Waals surface area contributed by atoms with E-state index in [-0.39, 0.29) is 5.92 Å². The van der Waals surface area contributed by atoms with Gasteiger partial charge < -0.3 is 4.74 Å². The molecule has 4 aliphatic carbocycles. The molecule has 4 aliphatic rings. The molecule has 0 aromatic heterocycles. The van der Waals surface area contributed by atoms with E-state index in [0.717, 1.165) is 48.9 Å². The molecule has 3 heteroatoms. The third kappa shape index (κ3) is 5.89. The lowest BCUT2D eigenvalue weighted by Gasteiger charge is -2.44. The van der Waals surface area contributed by atoms with Crippen LogP contribution in [0.1, 0.15) is 117 Å².